The molecule has 0 heterocycles. The lowest BCUT2D eigenvalue weighted by Crippen LogP contribution is -2.51. The largest absolute Gasteiger partial charge is 0.357 e. The summed E-state index contributed by atoms with van der Waals surface area (Å²) in [6.45, 7) is 1.14. The minimum atomic E-state index is -4.22. The van der Waals surface area contributed by atoms with Crippen molar-refractivity contribution >= 4 is 33.2 Å². The van der Waals surface area contributed by atoms with Crippen LogP contribution in [0, 0.1) is 10.1 Å². The second-order valence-corrected chi connectivity index (χ2v) is 10.1. The van der Waals surface area contributed by atoms with E-state index in [-0.39, 0.29) is 22.8 Å². The Balaban J connectivity index is 1.98. The summed E-state index contributed by atoms with van der Waals surface area (Å²) in [6, 6.07) is 21.0. The van der Waals surface area contributed by atoms with Crippen LogP contribution in [0.25, 0.3) is 0 Å². The number of non-ortho nitro benzene ring substituents is 1. The minimum Gasteiger partial charge on any atom is -0.357 e. The fourth-order valence-electron chi connectivity index (χ4n) is 3.77. The highest BCUT2D eigenvalue weighted by Crippen LogP contribution is 2.26. The number of hydrogen-bond acceptors (Lipinski definition) is 6. The molecule has 2 amide bonds. The van der Waals surface area contributed by atoms with Crippen LogP contribution in [-0.4, -0.2) is 56.2 Å². The first-order valence-corrected chi connectivity index (χ1v) is 13.0. The molecule has 1 N–H and O–H groups in total. The van der Waals surface area contributed by atoms with E-state index < -0.39 is 39.3 Å². The number of hydrogen-bond donors (Lipinski definition) is 1. The van der Waals surface area contributed by atoms with Crippen molar-refractivity contribution in [2.24, 2.45) is 0 Å². The number of benzene rings is 3. The molecule has 3 aromatic carbocycles. The van der Waals surface area contributed by atoms with Gasteiger partial charge in [0.25, 0.3) is 15.7 Å². The molecule has 0 saturated heterocycles. The Morgan fingerprint density at radius 3 is 2.05 bits per heavy atom. The molecule has 0 spiro atoms. The van der Waals surface area contributed by atoms with Gasteiger partial charge < -0.3 is 10.2 Å². The molecule has 37 heavy (non-hydrogen) atoms. The van der Waals surface area contributed by atoms with Crippen molar-refractivity contribution in [1.82, 2.24) is 10.2 Å². The lowest BCUT2D eigenvalue weighted by molar-refractivity contribution is -0.384. The third kappa shape index (κ3) is 6.70. The maximum Gasteiger partial charge on any atom is 0.269 e. The highest BCUT2D eigenvalue weighted by atomic mass is 32.2. The molecule has 194 valence electrons. The summed E-state index contributed by atoms with van der Waals surface area (Å²) in [6.07, 6.45) is 0.455. The Bertz CT molecular complexity index is 1330. The Labute approximate surface area is 215 Å². The summed E-state index contributed by atoms with van der Waals surface area (Å²) in [5, 5.41) is 13.6. The Hall–Kier alpha value is -4.25. The Morgan fingerprint density at radius 1 is 0.946 bits per heavy atom. The van der Waals surface area contributed by atoms with Crippen LogP contribution in [0.1, 0.15) is 12.5 Å². The van der Waals surface area contributed by atoms with E-state index in [1.165, 1.54) is 48.3 Å². The van der Waals surface area contributed by atoms with E-state index in [4.69, 9.17) is 0 Å². The Kier molecular flexibility index (Phi) is 8.96. The van der Waals surface area contributed by atoms with Gasteiger partial charge in [0.1, 0.15) is 12.6 Å². The maximum absolute atomic E-state index is 13.6. The average molecular weight is 525 g/mol. The van der Waals surface area contributed by atoms with Gasteiger partial charge in [-0.15, -0.1) is 0 Å². The summed E-state index contributed by atoms with van der Waals surface area (Å²) < 4.78 is 28.1. The molecule has 3 rings (SSSR count). The van der Waals surface area contributed by atoms with Crippen LogP contribution in [0.4, 0.5) is 11.4 Å². The minimum absolute atomic E-state index is 0.0451. The summed E-state index contributed by atoms with van der Waals surface area (Å²) in [4.78, 5) is 37.8. The van der Waals surface area contributed by atoms with Crippen LogP contribution in [0.3, 0.4) is 0 Å². The zero-order chi connectivity index (χ0) is 27.0. The highest BCUT2D eigenvalue weighted by Gasteiger charge is 2.32. The van der Waals surface area contributed by atoms with E-state index in [9.17, 15) is 28.1 Å². The molecule has 3 aromatic rings. The maximum atomic E-state index is 13.6. The number of rotatable bonds is 11. The molecule has 0 aromatic heterocycles. The van der Waals surface area contributed by atoms with E-state index in [1.54, 1.807) is 25.1 Å². The van der Waals surface area contributed by atoms with Gasteiger partial charge in [-0.3, -0.25) is 24.0 Å². The van der Waals surface area contributed by atoms with Crippen molar-refractivity contribution in [2.45, 2.75) is 24.3 Å². The first-order valence-electron chi connectivity index (χ1n) is 11.5. The fourth-order valence-corrected chi connectivity index (χ4v) is 5.20. The topological polar surface area (TPSA) is 130 Å². The number of nitro benzene ring substituents is 1. The molecule has 0 saturated carbocycles. The van der Waals surface area contributed by atoms with E-state index in [0.29, 0.717) is 6.42 Å². The van der Waals surface area contributed by atoms with Crippen LogP contribution in [0.15, 0.2) is 89.8 Å². The summed E-state index contributed by atoms with van der Waals surface area (Å²) >= 11 is 0. The number of nitro groups is 1. The van der Waals surface area contributed by atoms with Crippen molar-refractivity contribution < 1.29 is 22.9 Å². The van der Waals surface area contributed by atoms with Crippen molar-refractivity contribution in [3.8, 4) is 0 Å². The molecule has 11 heteroatoms. The van der Waals surface area contributed by atoms with Gasteiger partial charge in [0.15, 0.2) is 0 Å². The third-order valence-electron chi connectivity index (χ3n) is 5.86. The number of nitrogens with zero attached hydrogens (tertiary/aromatic N) is 3. The van der Waals surface area contributed by atoms with Gasteiger partial charge in [0.2, 0.25) is 11.8 Å². The quantitative estimate of drug-likeness (QED) is 0.303. The van der Waals surface area contributed by atoms with Crippen LogP contribution < -0.4 is 9.62 Å². The zero-order valence-electron chi connectivity index (χ0n) is 20.5. The lowest BCUT2D eigenvalue weighted by atomic mass is 10.1. The molecular formula is C26H28N4O6S. The van der Waals surface area contributed by atoms with Crippen molar-refractivity contribution in [3.05, 3.63) is 101 Å². The predicted molar refractivity (Wildman–Crippen MR) is 139 cm³/mol. The number of anilines is 1. The third-order valence-corrected chi connectivity index (χ3v) is 7.64. The molecule has 0 aliphatic heterocycles. The van der Waals surface area contributed by atoms with E-state index in [0.717, 1.165) is 9.87 Å². The molecule has 0 fully saturated rings. The van der Waals surface area contributed by atoms with Gasteiger partial charge in [-0.25, -0.2) is 8.42 Å². The Morgan fingerprint density at radius 2 is 1.51 bits per heavy atom. The first kappa shape index (κ1) is 27.3. The van der Waals surface area contributed by atoms with Crippen molar-refractivity contribution in [1.29, 1.82) is 0 Å². The van der Waals surface area contributed by atoms with Gasteiger partial charge in [0, 0.05) is 25.7 Å². The fraction of sp³-hybridized carbons (Fsp3) is 0.231. The van der Waals surface area contributed by atoms with E-state index in [2.05, 4.69) is 5.32 Å². The van der Waals surface area contributed by atoms with Crippen LogP contribution >= 0.6 is 0 Å². The number of carbonyl (C=O) groups is 2. The smallest absolute Gasteiger partial charge is 0.269 e. The SMILES string of the molecule is CNC(=O)[C@@H](C)N(CCc1ccccc1)C(=O)CN(c1ccc([N+](=O)[O-])cc1)S(=O)(=O)c1ccccc1. The lowest BCUT2D eigenvalue weighted by Gasteiger charge is -2.31. The van der Waals surface area contributed by atoms with Crippen molar-refractivity contribution in [3.63, 3.8) is 0 Å². The normalized spacial score (nSPS) is 11.8. The number of carbonyl (C=O) groups excluding carboxylic acids is 2. The molecule has 1 atom stereocenters. The summed E-state index contributed by atoms with van der Waals surface area (Å²) in [7, 11) is -2.76. The zero-order valence-corrected chi connectivity index (χ0v) is 21.3. The van der Waals surface area contributed by atoms with Crippen LogP contribution in [0.2, 0.25) is 0 Å². The van der Waals surface area contributed by atoms with Gasteiger partial charge in [0.05, 0.1) is 15.5 Å². The first-order chi connectivity index (χ1) is 17.6. The van der Waals surface area contributed by atoms with Gasteiger partial charge in [-0.1, -0.05) is 48.5 Å². The van der Waals surface area contributed by atoms with Crippen LogP contribution in [-0.2, 0) is 26.0 Å². The van der Waals surface area contributed by atoms with Crippen LogP contribution in [0.5, 0.6) is 0 Å². The second-order valence-electron chi connectivity index (χ2n) is 8.21. The molecule has 0 radical (unpaired) electrons. The van der Waals surface area contributed by atoms with Gasteiger partial charge in [-0.05, 0) is 43.2 Å². The standard InChI is InChI=1S/C26H28N4O6S/c1-20(26(32)27-2)28(18-17-21-9-5-3-6-10-21)25(31)19-29(22-13-15-23(16-14-22)30(33)34)37(35,36)24-11-7-4-8-12-24/h3-16,20H,17-19H2,1-2H3,(H,27,32)/t20-/m1/s1. The van der Waals surface area contributed by atoms with Gasteiger partial charge in [-0.2, -0.15) is 0 Å². The molecule has 0 aliphatic rings. The monoisotopic (exact) mass is 524 g/mol. The number of amides is 2. The number of nitrogens with one attached hydrogen (secondary N) is 1. The van der Waals surface area contributed by atoms with Gasteiger partial charge >= 0.3 is 0 Å². The second kappa shape index (κ2) is 12.1. The number of sulfonamides is 1. The summed E-state index contributed by atoms with van der Waals surface area (Å²) in [5.41, 5.74) is 0.816. The van der Waals surface area contributed by atoms with E-state index >= 15 is 0 Å². The van der Waals surface area contributed by atoms with Crippen molar-refractivity contribution in [2.75, 3.05) is 24.4 Å². The highest BCUT2D eigenvalue weighted by molar-refractivity contribution is 7.92. The molecule has 0 bridgehead atoms. The molecule has 10 nitrogen and oxygen atoms in total. The number of likely N-dealkylation sites (N-methyl/N-ethyl adjacent to an activating group) is 1. The van der Waals surface area contributed by atoms with E-state index in [1.807, 2.05) is 30.3 Å². The molecular weight excluding hydrogens is 496 g/mol. The average Bonchev–Trinajstić information content (AvgIpc) is 2.92. The predicted octanol–water partition coefficient (Wildman–Crippen LogP) is 3.00. The molecule has 0 aliphatic carbocycles. The molecule has 0 unspecified atom stereocenters. The summed E-state index contributed by atoms with van der Waals surface area (Å²) in [5.74, 6) is -0.987.